The van der Waals surface area contributed by atoms with E-state index in [4.69, 9.17) is 10.8 Å². The van der Waals surface area contributed by atoms with Crippen LogP contribution in [0.2, 0.25) is 0 Å². The Morgan fingerprint density at radius 3 is 1.80 bits per heavy atom. The largest absolute Gasteiger partial charge is 0.481 e. The second-order valence-corrected chi connectivity index (χ2v) is 15.6. The Balaban J connectivity index is 3.26. The first-order chi connectivity index (χ1) is 28.4. The molecule has 61 heavy (non-hydrogen) atoms. The molecule has 24 nitrogen and oxygen atoms in total. The van der Waals surface area contributed by atoms with Crippen molar-refractivity contribution >= 4 is 76.9 Å². The number of rotatable bonds is 26. The summed E-state index contributed by atoms with van der Waals surface area (Å²) in [6, 6.07) is -11.6. The summed E-state index contributed by atoms with van der Waals surface area (Å²) >= 11 is 1.35. The highest BCUT2D eigenvalue weighted by Crippen LogP contribution is 2.20. The van der Waals surface area contributed by atoms with Gasteiger partial charge in [-0.2, -0.15) is 11.8 Å². The SMILES string of the molecule is CC[C@H](C)[C@H](NC(=O)[C@H](CC(=O)O)NC(=O)[C@H](C)N)C(=O)N[C@H](C(=O)N[C@@H](CC(=O)O)C(=O)N1CCC[C@H]1C(=O)N[C@@H](CCSC)C(=O)NCC(=O)N[C@@H](C)C(=O)O)[C@@H](C)O. The highest BCUT2D eigenvalue weighted by atomic mass is 32.2. The molecule has 0 spiro atoms. The van der Waals surface area contributed by atoms with Crippen molar-refractivity contribution in [1.82, 2.24) is 42.1 Å². The molecule has 8 amide bonds. The molecule has 13 N–H and O–H groups in total. The van der Waals surface area contributed by atoms with Crippen molar-refractivity contribution < 1.29 is 73.2 Å². The predicted molar refractivity (Wildman–Crippen MR) is 215 cm³/mol. The van der Waals surface area contributed by atoms with Crippen LogP contribution in [0.25, 0.3) is 0 Å². The maximum Gasteiger partial charge on any atom is 0.325 e. The summed E-state index contributed by atoms with van der Waals surface area (Å²) in [5, 5.41) is 54.7. The van der Waals surface area contributed by atoms with Crippen LogP contribution in [0.1, 0.15) is 73.1 Å². The van der Waals surface area contributed by atoms with Gasteiger partial charge < -0.3 is 68.3 Å². The second kappa shape index (κ2) is 25.9. The standard InChI is InChI=1S/C36H59N9O15S/c1-7-16(2)27(43-31(54)21(13-25(48)49)41-29(52)17(3)37)33(56)44-28(19(5)46)34(57)42-22(14-26(50)51)35(58)45-11-8-9-23(45)32(55)40-20(10-12-61-6)30(53)38-15-24(47)39-18(4)36(59)60/h16-23,27-28,46H,7-15,37H2,1-6H3,(H,38,53)(H,39,47)(H,40,55)(H,41,52)(H,42,57)(H,43,54)(H,44,56)(H,48,49)(H,50,51)(H,59,60)/t16-,17-,18-,19+,20-,21-,22-,23-,27-,28-/m0/s1. The lowest BCUT2D eigenvalue weighted by Gasteiger charge is -2.31. The molecule has 10 atom stereocenters. The van der Waals surface area contributed by atoms with Crippen LogP contribution < -0.4 is 43.0 Å². The number of hydrogen-bond donors (Lipinski definition) is 12. The van der Waals surface area contributed by atoms with E-state index < -0.39 is 145 Å². The Kier molecular flexibility index (Phi) is 22.7. The lowest BCUT2D eigenvalue weighted by atomic mass is 9.96. The van der Waals surface area contributed by atoms with Gasteiger partial charge in [0.05, 0.1) is 31.5 Å². The number of aliphatic carboxylic acids is 3. The minimum absolute atomic E-state index is 0.0626. The average Bonchev–Trinajstić information content (AvgIpc) is 3.68. The normalized spacial score (nSPS) is 17.9. The molecule has 0 aromatic carbocycles. The molecule has 1 aliphatic rings. The van der Waals surface area contributed by atoms with E-state index in [0.29, 0.717) is 5.75 Å². The molecule has 0 radical (unpaired) electrons. The third-order valence-corrected chi connectivity index (χ3v) is 10.2. The number of aliphatic hydroxyl groups is 1. The summed E-state index contributed by atoms with van der Waals surface area (Å²) in [5.74, 6) is -12.2. The van der Waals surface area contributed by atoms with Gasteiger partial charge in [-0.05, 0) is 58.0 Å². The number of aliphatic hydroxyl groups excluding tert-OH is 1. The number of likely N-dealkylation sites (tertiary alicyclic amines) is 1. The number of amides is 8. The Morgan fingerprint density at radius 1 is 0.721 bits per heavy atom. The molecule has 25 heteroatoms. The van der Waals surface area contributed by atoms with E-state index in [-0.39, 0.29) is 32.2 Å². The van der Waals surface area contributed by atoms with Gasteiger partial charge in [0.25, 0.3) is 0 Å². The molecule has 1 aliphatic heterocycles. The summed E-state index contributed by atoms with van der Waals surface area (Å²) in [6.07, 6.45) is -1.12. The number of nitrogens with two attached hydrogens (primary N) is 1. The van der Waals surface area contributed by atoms with E-state index in [1.165, 1.54) is 25.6 Å². The third-order valence-electron chi connectivity index (χ3n) is 9.53. The molecule has 0 aromatic rings. The molecule has 0 bridgehead atoms. The van der Waals surface area contributed by atoms with Crippen molar-refractivity contribution in [3.05, 3.63) is 0 Å². The zero-order valence-electron chi connectivity index (χ0n) is 34.8. The zero-order valence-corrected chi connectivity index (χ0v) is 35.7. The average molecular weight is 890 g/mol. The van der Waals surface area contributed by atoms with Crippen molar-refractivity contribution in [2.45, 2.75) is 128 Å². The number of carbonyl (C=O) groups is 11. The number of nitrogens with zero attached hydrogens (tertiary/aromatic N) is 1. The van der Waals surface area contributed by atoms with Crippen molar-refractivity contribution in [2.75, 3.05) is 25.1 Å². The summed E-state index contributed by atoms with van der Waals surface area (Å²) in [7, 11) is 0. The molecule has 1 rings (SSSR count). The van der Waals surface area contributed by atoms with Crippen LogP contribution in [0.5, 0.6) is 0 Å². The Hall–Kier alpha value is -5.56. The predicted octanol–water partition coefficient (Wildman–Crippen LogP) is -4.42. The van der Waals surface area contributed by atoms with Crippen molar-refractivity contribution in [2.24, 2.45) is 11.7 Å². The van der Waals surface area contributed by atoms with Crippen LogP contribution in [0, 0.1) is 5.92 Å². The molecule has 0 saturated carbocycles. The molecule has 0 aliphatic carbocycles. The molecular formula is C36H59N9O15S. The molecule has 1 heterocycles. The van der Waals surface area contributed by atoms with Gasteiger partial charge in [-0.15, -0.1) is 0 Å². The number of carboxylic acids is 3. The highest BCUT2D eigenvalue weighted by Gasteiger charge is 2.41. The Bertz CT molecular complexity index is 1630. The first kappa shape index (κ1) is 53.5. The minimum atomic E-state index is -1.85. The van der Waals surface area contributed by atoms with Gasteiger partial charge >= 0.3 is 17.9 Å². The molecule has 344 valence electrons. The number of nitrogens with one attached hydrogen (secondary N) is 7. The lowest BCUT2D eigenvalue weighted by Crippen LogP contribution is -2.62. The van der Waals surface area contributed by atoms with Crippen molar-refractivity contribution in [3.63, 3.8) is 0 Å². The fourth-order valence-corrected chi connectivity index (χ4v) is 6.32. The number of carboxylic acid groups (broad SMARTS) is 3. The van der Waals surface area contributed by atoms with E-state index in [1.807, 2.05) is 0 Å². The Morgan fingerprint density at radius 2 is 1.28 bits per heavy atom. The quantitative estimate of drug-likeness (QED) is 0.0390. The van der Waals surface area contributed by atoms with Crippen LogP contribution in [0.15, 0.2) is 0 Å². The van der Waals surface area contributed by atoms with Crippen molar-refractivity contribution in [1.29, 1.82) is 0 Å². The van der Waals surface area contributed by atoms with Crippen LogP contribution in [0.3, 0.4) is 0 Å². The number of hydrogen-bond acceptors (Lipinski definition) is 14. The molecule has 1 fully saturated rings. The van der Waals surface area contributed by atoms with E-state index in [0.717, 1.165) is 11.8 Å². The van der Waals surface area contributed by atoms with Gasteiger partial charge in [-0.25, -0.2) is 0 Å². The fourth-order valence-electron chi connectivity index (χ4n) is 5.85. The van der Waals surface area contributed by atoms with Crippen LogP contribution in [-0.4, -0.2) is 170 Å². The van der Waals surface area contributed by atoms with Gasteiger partial charge in [0, 0.05) is 6.54 Å². The maximum atomic E-state index is 13.9. The third kappa shape index (κ3) is 17.9. The topological polar surface area (TPSA) is 382 Å². The number of carbonyl (C=O) groups excluding carboxylic acids is 8. The minimum Gasteiger partial charge on any atom is -0.481 e. The molecular weight excluding hydrogens is 831 g/mol. The molecule has 1 saturated heterocycles. The van der Waals surface area contributed by atoms with E-state index in [2.05, 4.69) is 37.2 Å². The first-order valence-corrected chi connectivity index (χ1v) is 20.8. The second-order valence-electron chi connectivity index (χ2n) is 14.6. The van der Waals surface area contributed by atoms with Gasteiger partial charge in [0.15, 0.2) is 0 Å². The van der Waals surface area contributed by atoms with Gasteiger partial charge in [0.2, 0.25) is 47.3 Å². The van der Waals surface area contributed by atoms with E-state index in [9.17, 15) is 68.1 Å². The molecule has 0 aromatic heterocycles. The van der Waals surface area contributed by atoms with Crippen LogP contribution >= 0.6 is 11.8 Å². The van der Waals surface area contributed by atoms with Gasteiger partial charge in [-0.3, -0.25) is 52.7 Å². The lowest BCUT2D eigenvalue weighted by molar-refractivity contribution is -0.147. The van der Waals surface area contributed by atoms with Gasteiger partial charge in [-0.1, -0.05) is 20.3 Å². The highest BCUT2D eigenvalue weighted by molar-refractivity contribution is 7.98. The Labute approximate surface area is 356 Å². The first-order valence-electron chi connectivity index (χ1n) is 19.4. The fraction of sp³-hybridized carbons (Fsp3) is 0.694. The van der Waals surface area contributed by atoms with Gasteiger partial charge in [0.1, 0.15) is 42.3 Å². The van der Waals surface area contributed by atoms with Crippen molar-refractivity contribution in [3.8, 4) is 0 Å². The zero-order chi connectivity index (χ0) is 46.7. The summed E-state index contributed by atoms with van der Waals surface area (Å²) in [4.78, 5) is 141. The molecule has 0 unspecified atom stereocenters. The van der Waals surface area contributed by atoms with E-state index >= 15 is 0 Å². The summed E-state index contributed by atoms with van der Waals surface area (Å²) < 4.78 is 0. The van der Waals surface area contributed by atoms with Crippen LogP contribution in [-0.2, 0) is 52.7 Å². The summed E-state index contributed by atoms with van der Waals surface area (Å²) in [6.45, 7) is 6.16. The number of thioether (sulfide) groups is 1. The summed E-state index contributed by atoms with van der Waals surface area (Å²) in [5.41, 5.74) is 5.53. The maximum absolute atomic E-state index is 13.9. The van der Waals surface area contributed by atoms with E-state index in [1.54, 1.807) is 20.1 Å². The smallest absolute Gasteiger partial charge is 0.325 e. The van der Waals surface area contributed by atoms with Crippen LogP contribution in [0.4, 0.5) is 0 Å². The monoisotopic (exact) mass is 889 g/mol.